The number of esters is 1. The second-order valence-electron chi connectivity index (χ2n) is 8.15. The Balaban J connectivity index is 1.80. The van der Waals surface area contributed by atoms with Crippen molar-refractivity contribution in [3.63, 3.8) is 0 Å². The first kappa shape index (κ1) is 26.7. The van der Waals surface area contributed by atoms with Crippen molar-refractivity contribution in [2.24, 2.45) is 10.1 Å². The van der Waals surface area contributed by atoms with Gasteiger partial charge in [-0.3, -0.25) is 19.9 Å². The molecule has 1 unspecified atom stereocenters. The van der Waals surface area contributed by atoms with Crippen molar-refractivity contribution in [1.82, 2.24) is 4.90 Å². The van der Waals surface area contributed by atoms with Gasteiger partial charge in [-0.1, -0.05) is 12.1 Å². The first-order chi connectivity index (χ1) is 18.2. The van der Waals surface area contributed by atoms with E-state index in [9.17, 15) is 14.4 Å². The summed E-state index contributed by atoms with van der Waals surface area (Å²) in [5.74, 6) is -0.218. The number of methoxy groups -OCH3 is 4. The van der Waals surface area contributed by atoms with Crippen LogP contribution in [0.1, 0.15) is 35.8 Å². The highest BCUT2D eigenvalue weighted by atomic mass is 32.2. The van der Waals surface area contributed by atoms with E-state index in [1.54, 1.807) is 43.3 Å². The number of amidine groups is 1. The Morgan fingerprint density at radius 1 is 1.05 bits per heavy atom. The predicted molar refractivity (Wildman–Crippen MR) is 143 cm³/mol. The molecule has 0 aliphatic carbocycles. The predicted octanol–water partition coefficient (Wildman–Crippen LogP) is 3.77. The molecule has 1 atom stereocenters. The number of anilines is 1. The van der Waals surface area contributed by atoms with Crippen LogP contribution in [0.15, 0.2) is 57.8 Å². The third-order valence-electron chi connectivity index (χ3n) is 5.97. The monoisotopic (exact) mass is 538 g/mol. The van der Waals surface area contributed by atoms with Crippen molar-refractivity contribution in [3.8, 4) is 17.2 Å². The van der Waals surface area contributed by atoms with Gasteiger partial charge in [-0.25, -0.2) is 9.79 Å². The van der Waals surface area contributed by atoms with Gasteiger partial charge in [0.15, 0.2) is 27.5 Å². The Hall–Kier alpha value is -4.32. The number of ketones is 1. The average molecular weight is 539 g/mol. The Kier molecular flexibility index (Phi) is 7.72. The summed E-state index contributed by atoms with van der Waals surface area (Å²) in [6, 6.07) is 9.18. The molecule has 1 N–H and O–H groups in total. The number of hydrazone groups is 1. The van der Waals surface area contributed by atoms with Crippen LogP contribution in [0, 0.1) is 0 Å². The van der Waals surface area contributed by atoms with E-state index in [0.29, 0.717) is 39.2 Å². The van der Waals surface area contributed by atoms with Crippen molar-refractivity contribution < 1.29 is 33.3 Å². The van der Waals surface area contributed by atoms with Gasteiger partial charge in [0, 0.05) is 11.1 Å². The maximum atomic E-state index is 13.7. The number of ether oxygens (including phenoxy) is 4. The van der Waals surface area contributed by atoms with Crippen molar-refractivity contribution in [3.05, 3.63) is 58.8 Å². The van der Waals surface area contributed by atoms with Crippen LogP contribution >= 0.6 is 11.8 Å². The molecule has 38 heavy (non-hydrogen) atoms. The normalized spacial score (nSPS) is 17.7. The SMILES string of the molecule is COC(=O)C1=C(C)N=C2S/C(=N\Nc3cccc(C(C)=O)c3)C(=O)N2C1c1ccc(OC)c(OC)c1OC. The molecule has 0 radical (unpaired) electrons. The molecule has 2 aromatic rings. The topological polar surface area (TPSA) is 128 Å². The zero-order valence-corrected chi connectivity index (χ0v) is 22.5. The Morgan fingerprint density at radius 2 is 1.79 bits per heavy atom. The molecule has 2 heterocycles. The molecule has 0 saturated carbocycles. The molecule has 1 amide bonds. The third-order valence-corrected chi connectivity index (χ3v) is 6.90. The van der Waals surface area contributed by atoms with Crippen LogP contribution < -0.4 is 19.6 Å². The lowest BCUT2D eigenvalue weighted by Gasteiger charge is -2.33. The van der Waals surface area contributed by atoms with Gasteiger partial charge >= 0.3 is 5.97 Å². The summed E-state index contributed by atoms with van der Waals surface area (Å²) in [6.07, 6.45) is 0. The number of hydrogen-bond acceptors (Lipinski definition) is 11. The third kappa shape index (κ3) is 4.70. The van der Waals surface area contributed by atoms with Crippen LogP contribution in [-0.2, 0) is 14.3 Å². The fourth-order valence-corrected chi connectivity index (χ4v) is 5.12. The summed E-state index contributed by atoms with van der Waals surface area (Å²) in [7, 11) is 5.68. The minimum Gasteiger partial charge on any atom is -0.493 e. The molecule has 1 saturated heterocycles. The number of thioether (sulfide) groups is 1. The molecule has 4 rings (SSSR count). The first-order valence-electron chi connectivity index (χ1n) is 11.4. The maximum absolute atomic E-state index is 13.7. The van der Waals surface area contributed by atoms with Gasteiger partial charge in [0.25, 0.3) is 5.91 Å². The summed E-state index contributed by atoms with van der Waals surface area (Å²) in [5, 5.41) is 4.71. The number of Topliss-reactive ketones (excluding diaryl/α,β-unsaturated/α-hetero) is 1. The smallest absolute Gasteiger partial charge is 0.338 e. The number of carbonyl (C=O) groups is 3. The summed E-state index contributed by atoms with van der Waals surface area (Å²) in [6.45, 7) is 3.14. The molecule has 1 fully saturated rings. The lowest BCUT2D eigenvalue weighted by Crippen LogP contribution is -2.40. The molecular weight excluding hydrogens is 512 g/mol. The minimum absolute atomic E-state index is 0.0947. The lowest BCUT2D eigenvalue weighted by molar-refractivity contribution is -0.137. The summed E-state index contributed by atoms with van der Waals surface area (Å²) < 4.78 is 21.7. The number of rotatable bonds is 8. The van der Waals surface area contributed by atoms with Crippen molar-refractivity contribution >= 4 is 45.3 Å². The highest BCUT2D eigenvalue weighted by Gasteiger charge is 2.48. The number of aliphatic imine (C=N–C) groups is 1. The van der Waals surface area contributed by atoms with Gasteiger partial charge in [0.05, 0.1) is 45.4 Å². The van der Waals surface area contributed by atoms with E-state index in [1.807, 2.05) is 0 Å². The minimum atomic E-state index is -0.946. The fourth-order valence-electron chi connectivity index (χ4n) is 4.20. The van der Waals surface area contributed by atoms with Crippen LogP contribution in [-0.4, -0.2) is 61.2 Å². The van der Waals surface area contributed by atoms with Crippen molar-refractivity contribution in [2.75, 3.05) is 33.9 Å². The van der Waals surface area contributed by atoms with Crippen LogP contribution in [0.25, 0.3) is 0 Å². The van der Waals surface area contributed by atoms with Crippen LogP contribution in [0.3, 0.4) is 0 Å². The molecule has 2 aromatic carbocycles. The highest BCUT2D eigenvalue weighted by molar-refractivity contribution is 8.29. The standard InChI is InChI=1S/C26H26N4O7S/c1-13-19(25(33)37-6)20(17-10-11-18(34-3)22(36-5)21(17)35-4)30-24(32)23(38-26(30)27-13)29-28-16-9-7-8-15(12-16)14(2)31/h7-12,20,28H,1-6H3/b29-23-. The van der Waals surface area contributed by atoms with Gasteiger partial charge in [-0.2, -0.15) is 5.10 Å². The molecular formula is C26H26N4O7S. The summed E-state index contributed by atoms with van der Waals surface area (Å²) in [5.41, 5.74) is 4.89. The van der Waals surface area contributed by atoms with Gasteiger partial charge in [0.2, 0.25) is 5.75 Å². The van der Waals surface area contributed by atoms with E-state index in [2.05, 4.69) is 15.5 Å². The van der Waals surface area contributed by atoms with Gasteiger partial charge in [0.1, 0.15) is 6.04 Å². The number of amides is 1. The van der Waals surface area contributed by atoms with E-state index in [4.69, 9.17) is 18.9 Å². The molecule has 0 aromatic heterocycles. The lowest BCUT2D eigenvalue weighted by atomic mass is 9.93. The quantitative estimate of drug-likeness (QED) is 0.303. The molecule has 11 nitrogen and oxygen atoms in total. The van der Waals surface area contributed by atoms with Gasteiger partial charge < -0.3 is 18.9 Å². The number of allylic oxidation sites excluding steroid dienone is 1. The van der Waals surface area contributed by atoms with E-state index < -0.39 is 17.9 Å². The Labute approximate surface area is 223 Å². The number of nitrogens with zero attached hydrogens (tertiary/aromatic N) is 3. The van der Waals surface area contributed by atoms with E-state index in [0.717, 1.165) is 11.8 Å². The first-order valence-corrected chi connectivity index (χ1v) is 12.2. The molecule has 198 valence electrons. The highest BCUT2D eigenvalue weighted by Crippen LogP contribution is 2.49. The second kappa shape index (κ2) is 11.0. The zero-order chi connectivity index (χ0) is 27.6. The maximum Gasteiger partial charge on any atom is 0.338 e. The number of benzene rings is 2. The van der Waals surface area contributed by atoms with Crippen molar-refractivity contribution in [2.45, 2.75) is 19.9 Å². The largest absolute Gasteiger partial charge is 0.493 e. The van der Waals surface area contributed by atoms with Crippen molar-refractivity contribution in [1.29, 1.82) is 0 Å². The average Bonchev–Trinajstić information content (AvgIpc) is 3.24. The Morgan fingerprint density at radius 3 is 2.42 bits per heavy atom. The molecule has 0 bridgehead atoms. The van der Waals surface area contributed by atoms with E-state index >= 15 is 0 Å². The zero-order valence-electron chi connectivity index (χ0n) is 21.6. The Bertz CT molecular complexity index is 1420. The number of fused-ring (bicyclic) bond motifs is 1. The number of nitrogens with one attached hydrogen (secondary N) is 1. The number of carbonyl (C=O) groups excluding carboxylic acids is 3. The summed E-state index contributed by atoms with van der Waals surface area (Å²) in [4.78, 5) is 44.2. The van der Waals surface area contributed by atoms with Gasteiger partial charge in [-0.15, -0.1) is 0 Å². The number of hydrogen-bond donors (Lipinski definition) is 1. The van der Waals surface area contributed by atoms with E-state index in [1.165, 1.54) is 40.3 Å². The van der Waals surface area contributed by atoms with Gasteiger partial charge in [-0.05, 0) is 49.9 Å². The molecule has 0 spiro atoms. The van der Waals surface area contributed by atoms with E-state index in [-0.39, 0.29) is 22.1 Å². The van der Waals surface area contributed by atoms with Crippen LogP contribution in [0.2, 0.25) is 0 Å². The molecule has 12 heteroatoms. The van der Waals surface area contributed by atoms with Crippen LogP contribution in [0.5, 0.6) is 17.2 Å². The summed E-state index contributed by atoms with van der Waals surface area (Å²) >= 11 is 1.05. The molecule has 2 aliphatic rings. The second-order valence-corrected chi connectivity index (χ2v) is 9.11. The fraction of sp³-hybridized carbons (Fsp3) is 0.269. The molecule has 2 aliphatic heterocycles. The van der Waals surface area contributed by atoms with Crippen LogP contribution in [0.4, 0.5) is 5.69 Å².